The molecule has 7 nitrogen and oxygen atoms in total. The van der Waals surface area contributed by atoms with E-state index in [1.54, 1.807) is 12.4 Å². The average Bonchev–Trinajstić information content (AvgIpc) is 2.54. The molecule has 0 radical (unpaired) electrons. The van der Waals surface area contributed by atoms with Gasteiger partial charge in [-0.25, -0.2) is 15.0 Å². The maximum absolute atomic E-state index is 5.79. The molecule has 1 aliphatic heterocycles. The van der Waals surface area contributed by atoms with Crippen LogP contribution in [-0.4, -0.2) is 66.6 Å². The minimum atomic E-state index is 0. The van der Waals surface area contributed by atoms with Gasteiger partial charge < -0.3 is 16.0 Å². The molecule has 2 rings (SSSR count). The van der Waals surface area contributed by atoms with E-state index in [1.807, 2.05) is 13.0 Å². The van der Waals surface area contributed by atoms with Gasteiger partial charge in [-0.15, -0.1) is 24.0 Å². The van der Waals surface area contributed by atoms with Gasteiger partial charge in [0.1, 0.15) is 0 Å². The molecular formula is C15H26IN7. The van der Waals surface area contributed by atoms with Gasteiger partial charge in [-0.2, -0.15) is 0 Å². The van der Waals surface area contributed by atoms with Gasteiger partial charge in [-0.3, -0.25) is 4.90 Å². The number of rotatable bonds is 6. The summed E-state index contributed by atoms with van der Waals surface area (Å²) in [4.78, 5) is 17.4. The molecule has 23 heavy (non-hydrogen) atoms. The van der Waals surface area contributed by atoms with Crippen molar-refractivity contribution >= 4 is 35.9 Å². The lowest BCUT2D eigenvalue weighted by Crippen LogP contribution is -2.49. The van der Waals surface area contributed by atoms with Gasteiger partial charge >= 0.3 is 0 Å². The minimum absolute atomic E-state index is 0. The normalized spacial score (nSPS) is 15.9. The van der Waals surface area contributed by atoms with Gasteiger partial charge in [0, 0.05) is 51.7 Å². The summed E-state index contributed by atoms with van der Waals surface area (Å²) in [7, 11) is 0. The number of guanidine groups is 1. The number of nitrogens with one attached hydrogen (secondary N) is 1. The minimum Gasteiger partial charge on any atom is -0.370 e. The van der Waals surface area contributed by atoms with E-state index < -0.39 is 0 Å². The predicted octanol–water partition coefficient (Wildman–Crippen LogP) is 0.697. The Morgan fingerprint density at radius 1 is 1.30 bits per heavy atom. The molecule has 0 bridgehead atoms. The molecule has 1 aromatic heterocycles. The zero-order valence-electron chi connectivity index (χ0n) is 13.6. The number of nitrogens with zero attached hydrogens (tertiary/aromatic N) is 5. The summed E-state index contributed by atoms with van der Waals surface area (Å²) in [5.41, 5.74) is 6.79. The molecular weight excluding hydrogens is 405 g/mol. The van der Waals surface area contributed by atoms with E-state index in [0.717, 1.165) is 50.8 Å². The lowest BCUT2D eigenvalue weighted by Gasteiger charge is -2.34. The second-order valence-electron chi connectivity index (χ2n) is 5.46. The number of anilines is 1. The van der Waals surface area contributed by atoms with Gasteiger partial charge in [0.25, 0.3) is 0 Å². The molecule has 0 saturated carbocycles. The summed E-state index contributed by atoms with van der Waals surface area (Å²) in [6.45, 7) is 12.0. The largest absolute Gasteiger partial charge is 0.370 e. The molecule has 2 heterocycles. The highest BCUT2D eigenvalue weighted by Crippen LogP contribution is 2.08. The van der Waals surface area contributed by atoms with Crippen LogP contribution in [0.4, 0.5) is 5.95 Å². The smallest absolute Gasteiger partial charge is 0.225 e. The molecule has 0 spiro atoms. The Kier molecular flexibility index (Phi) is 8.85. The number of nitrogens with two attached hydrogens (primary N) is 1. The summed E-state index contributed by atoms with van der Waals surface area (Å²) >= 11 is 0. The molecule has 0 unspecified atom stereocenters. The Bertz CT molecular complexity index is 498. The first-order valence-electron chi connectivity index (χ1n) is 7.57. The molecule has 0 aliphatic carbocycles. The van der Waals surface area contributed by atoms with Crippen LogP contribution < -0.4 is 16.0 Å². The molecule has 8 heteroatoms. The third-order valence-electron chi connectivity index (χ3n) is 3.46. The van der Waals surface area contributed by atoms with E-state index in [2.05, 4.69) is 36.7 Å². The predicted molar refractivity (Wildman–Crippen MR) is 105 cm³/mol. The summed E-state index contributed by atoms with van der Waals surface area (Å²) in [6, 6.07) is 1.84. The number of halogens is 1. The monoisotopic (exact) mass is 431 g/mol. The van der Waals surface area contributed by atoms with Crippen molar-refractivity contribution in [3.05, 3.63) is 30.6 Å². The van der Waals surface area contributed by atoms with Crippen molar-refractivity contribution in [2.24, 2.45) is 10.7 Å². The lowest BCUT2D eigenvalue weighted by molar-refractivity contribution is 0.260. The van der Waals surface area contributed by atoms with Crippen LogP contribution in [0, 0.1) is 0 Å². The van der Waals surface area contributed by atoms with Gasteiger partial charge in [0.15, 0.2) is 5.96 Å². The zero-order chi connectivity index (χ0) is 15.8. The van der Waals surface area contributed by atoms with Crippen molar-refractivity contribution in [1.82, 2.24) is 20.2 Å². The Hall–Kier alpha value is -1.42. The fourth-order valence-electron chi connectivity index (χ4n) is 2.24. The van der Waals surface area contributed by atoms with E-state index in [4.69, 9.17) is 5.73 Å². The first-order chi connectivity index (χ1) is 10.6. The van der Waals surface area contributed by atoms with E-state index in [9.17, 15) is 0 Å². The number of hydrogen-bond donors (Lipinski definition) is 2. The molecule has 1 aliphatic rings. The van der Waals surface area contributed by atoms with Crippen molar-refractivity contribution in [2.45, 2.75) is 6.92 Å². The van der Waals surface area contributed by atoms with Gasteiger partial charge in [-0.1, -0.05) is 12.2 Å². The average molecular weight is 431 g/mol. The molecule has 128 valence electrons. The molecule has 0 amide bonds. The van der Waals surface area contributed by atoms with E-state index in [-0.39, 0.29) is 24.0 Å². The summed E-state index contributed by atoms with van der Waals surface area (Å²) < 4.78 is 0. The van der Waals surface area contributed by atoms with Crippen molar-refractivity contribution < 1.29 is 0 Å². The SMILES string of the molecule is C=C(C)CN=C(N)NCCN1CCN(c2ncccn2)CC1.I. The number of piperazine rings is 1. The first kappa shape index (κ1) is 19.6. The quantitative estimate of drug-likeness (QED) is 0.299. The highest BCUT2D eigenvalue weighted by Gasteiger charge is 2.18. The zero-order valence-corrected chi connectivity index (χ0v) is 15.9. The van der Waals surface area contributed by atoms with Crippen LogP contribution >= 0.6 is 24.0 Å². The maximum atomic E-state index is 5.79. The first-order valence-corrected chi connectivity index (χ1v) is 7.57. The third kappa shape index (κ3) is 7.12. The van der Waals surface area contributed by atoms with E-state index in [0.29, 0.717) is 12.5 Å². The third-order valence-corrected chi connectivity index (χ3v) is 3.46. The number of hydrogen-bond acceptors (Lipinski definition) is 5. The van der Waals surface area contributed by atoms with Gasteiger partial charge in [-0.05, 0) is 13.0 Å². The molecule has 1 aromatic rings. The Morgan fingerprint density at radius 2 is 1.96 bits per heavy atom. The number of aromatic nitrogens is 2. The van der Waals surface area contributed by atoms with Crippen LogP contribution in [0.5, 0.6) is 0 Å². The van der Waals surface area contributed by atoms with Crippen LogP contribution in [-0.2, 0) is 0 Å². The van der Waals surface area contributed by atoms with E-state index in [1.165, 1.54) is 0 Å². The Balaban J connectivity index is 0.00000264. The van der Waals surface area contributed by atoms with Gasteiger partial charge in [0.2, 0.25) is 5.95 Å². The molecule has 1 saturated heterocycles. The van der Waals surface area contributed by atoms with Crippen LogP contribution in [0.15, 0.2) is 35.6 Å². The second kappa shape index (κ2) is 10.4. The van der Waals surface area contributed by atoms with Crippen molar-refractivity contribution in [3.63, 3.8) is 0 Å². The lowest BCUT2D eigenvalue weighted by atomic mass is 10.3. The van der Waals surface area contributed by atoms with E-state index >= 15 is 0 Å². The molecule has 0 aromatic carbocycles. The van der Waals surface area contributed by atoms with Crippen molar-refractivity contribution in [2.75, 3.05) is 50.7 Å². The highest BCUT2D eigenvalue weighted by molar-refractivity contribution is 14.0. The van der Waals surface area contributed by atoms with Crippen LogP contribution in [0.25, 0.3) is 0 Å². The summed E-state index contributed by atoms with van der Waals surface area (Å²) in [5.74, 6) is 1.30. The fourth-order valence-corrected chi connectivity index (χ4v) is 2.24. The molecule has 3 N–H and O–H groups in total. The summed E-state index contributed by atoms with van der Waals surface area (Å²) in [6.07, 6.45) is 3.57. The highest BCUT2D eigenvalue weighted by atomic mass is 127. The van der Waals surface area contributed by atoms with Gasteiger partial charge in [0.05, 0.1) is 6.54 Å². The second-order valence-corrected chi connectivity index (χ2v) is 5.46. The molecule has 1 fully saturated rings. The summed E-state index contributed by atoms with van der Waals surface area (Å²) in [5, 5.41) is 3.13. The topological polar surface area (TPSA) is 82.7 Å². The number of aliphatic imine (C=N–C) groups is 1. The maximum Gasteiger partial charge on any atom is 0.225 e. The van der Waals surface area contributed by atoms with Crippen molar-refractivity contribution in [3.8, 4) is 0 Å². The van der Waals surface area contributed by atoms with Crippen LogP contribution in [0.3, 0.4) is 0 Å². The van der Waals surface area contributed by atoms with Crippen molar-refractivity contribution in [1.29, 1.82) is 0 Å². The molecule has 0 atom stereocenters. The Labute approximate surface area is 155 Å². The Morgan fingerprint density at radius 3 is 2.57 bits per heavy atom. The standard InChI is InChI=1S/C15H25N7.HI/c1-13(2)12-20-14(16)17-6-7-21-8-10-22(11-9-21)15-18-4-3-5-19-15;/h3-5H,1,6-12H2,2H3,(H3,16,17,20);1H. The van der Waals surface area contributed by atoms with Crippen LogP contribution in [0.1, 0.15) is 6.92 Å². The van der Waals surface area contributed by atoms with Crippen LogP contribution in [0.2, 0.25) is 0 Å². The fraction of sp³-hybridized carbons (Fsp3) is 0.533.